The molecule has 0 bridgehead atoms. The molecule has 0 amide bonds. The number of phenols is 2. The predicted octanol–water partition coefficient (Wildman–Crippen LogP) is 4.06. The smallest absolute Gasteiger partial charge is 0.174 e. The molecule has 5 nitrogen and oxygen atoms in total. The average molecular weight is 265 g/mol. The molecule has 1 aromatic heterocycles. The van der Waals surface area contributed by atoms with Gasteiger partial charge in [-0.05, 0) is 12.1 Å². The maximum Gasteiger partial charge on any atom is 0.174 e. The maximum atomic E-state index is 9.93. The highest BCUT2D eigenvalue weighted by Crippen LogP contribution is 2.40. The molecule has 0 saturated heterocycles. The molecule has 3 rings (SSSR count). The van der Waals surface area contributed by atoms with Crippen LogP contribution < -0.4 is 0 Å². The molecular formula is C15H11N3O2. The first-order valence-corrected chi connectivity index (χ1v) is 6.02. The number of pyridine rings is 1. The van der Waals surface area contributed by atoms with Crippen molar-refractivity contribution in [3.63, 3.8) is 0 Å². The molecule has 0 radical (unpaired) electrons. The first-order chi connectivity index (χ1) is 9.75. The van der Waals surface area contributed by atoms with Gasteiger partial charge in [-0.1, -0.05) is 30.3 Å². The number of benzene rings is 2. The number of hydrogen-bond donors (Lipinski definition) is 2. The van der Waals surface area contributed by atoms with E-state index in [1.54, 1.807) is 48.7 Å². The normalized spacial score (nSPS) is 11.2. The van der Waals surface area contributed by atoms with E-state index in [0.29, 0.717) is 22.3 Å². The Morgan fingerprint density at radius 3 is 2.30 bits per heavy atom. The van der Waals surface area contributed by atoms with E-state index in [1.807, 2.05) is 0 Å². The first kappa shape index (κ1) is 12.1. The van der Waals surface area contributed by atoms with E-state index < -0.39 is 0 Å². The molecule has 0 saturated carbocycles. The molecule has 98 valence electrons. The summed E-state index contributed by atoms with van der Waals surface area (Å²) in [6.07, 6.45) is 1.61. The number of fused-ring (bicyclic) bond motifs is 1. The second-order valence-corrected chi connectivity index (χ2v) is 4.20. The molecule has 0 spiro atoms. The summed E-state index contributed by atoms with van der Waals surface area (Å²) >= 11 is 0. The summed E-state index contributed by atoms with van der Waals surface area (Å²) in [6, 6.07) is 13.7. The van der Waals surface area contributed by atoms with Gasteiger partial charge in [0.1, 0.15) is 17.2 Å². The second kappa shape index (κ2) is 4.97. The van der Waals surface area contributed by atoms with E-state index in [1.165, 1.54) is 6.07 Å². The Labute approximate surface area is 114 Å². The van der Waals surface area contributed by atoms with E-state index in [9.17, 15) is 10.2 Å². The summed E-state index contributed by atoms with van der Waals surface area (Å²) in [5.41, 5.74) is 0.309. The summed E-state index contributed by atoms with van der Waals surface area (Å²) in [7, 11) is 0. The first-order valence-electron chi connectivity index (χ1n) is 6.02. The lowest BCUT2D eigenvalue weighted by Crippen LogP contribution is -1.77. The molecule has 3 aromatic rings. The van der Waals surface area contributed by atoms with Crippen molar-refractivity contribution in [2.24, 2.45) is 10.2 Å². The largest absolute Gasteiger partial charge is 0.507 e. The fourth-order valence-corrected chi connectivity index (χ4v) is 1.95. The number of rotatable bonds is 2. The quantitative estimate of drug-likeness (QED) is 0.686. The molecule has 0 fully saturated rings. The fourth-order valence-electron chi connectivity index (χ4n) is 1.95. The minimum Gasteiger partial charge on any atom is -0.507 e. The second-order valence-electron chi connectivity index (χ2n) is 4.20. The van der Waals surface area contributed by atoms with Crippen LogP contribution in [-0.2, 0) is 0 Å². The van der Waals surface area contributed by atoms with E-state index in [2.05, 4.69) is 15.2 Å². The molecule has 0 unspecified atom stereocenters. The van der Waals surface area contributed by atoms with Gasteiger partial charge >= 0.3 is 0 Å². The third-order valence-corrected chi connectivity index (χ3v) is 2.88. The lowest BCUT2D eigenvalue weighted by Gasteiger charge is -2.05. The van der Waals surface area contributed by atoms with Gasteiger partial charge in [-0.3, -0.25) is 0 Å². The van der Waals surface area contributed by atoms with Crippen molar-refractivity contribution in [3.05, 3.63) is 54.7 Å². The summed E-state index contributed by atoms with van der Waals surface area (Å²) in [5, 5.41) is 29.0. The number of aromatic hydroxyl groups is 2. The highest BCUT2D eigenvalue weighted by Gasteiger charge is 2.10. The van der Waals surface area contributed by atoms with Gasteiger partial charge in [-0.25, -0.2) is 4.98 Å². The topological polar surface area (TPSA) is 78.1 Å². The van der Waals surface area contributed by atoms with Crippen molar-refractivity contribution >= 4 is 22.3 Å². The van der Waals surface area contributed by atoms with Gasteiger partial charge in [0.05, 0.1) is 0 Å². The van der Waals surface area contributed by atoms with Gasteiger partial charge in [0.2, 0.25) is 0 Å². The molecule has 0 aliphatic rings. The van der Waals surface area contributed by atoms with Crippen LogP contribution in [0, 0.1) is 0 Å². The molecule has 0 aliphatic heterocycles. The molecule has 2 aromatic carbocycles. The summed E-state index contributed by atoms with van der Waals surface area (Å²) in [6.45, 7) is 0. The van der Waals surface area contributed by atoms with Crippen LogP contribution in [0.2, 0.25) is 0 Å². The van der Waals surface area contributed by atoms with Crippen LogP contribution in [0.1, 0.15) is 0 Å². The fraction of sp³-hybridized carbons (Fsp3) is 0. The minimum absolute atomic E-state index is 0.00915. The number of azo groups is 1. The maximum absolute atomic E-state index is 9.93. The molecule has 0 atom stereocenters. The van der Waals surface area contributed by atoms with Crippen LogP contribution in [0.15, 0.2) is 65.0 Å². The lowest BCUT2D eigenvalue weighted by atomic mass is 10.1. The number of phenolic OH excluding ortho intramolecular Hbond substituents is 2. The minimum atomic E-state index is -0.124. The van der Waals surface area contributed by atoms with E-state index in [-0.39, 0.29) is 11.5 Å². The Bertz CT molecular complexity index is 786. The van der Waals surface area contributed by atoms with Gasteiger partial charge in [0.15, 0.2) is 5.82 Å². The van der Waals surface area contributed by atoms with Crippen LogP contribution in [0.5, 0.6) is 11.5 Å². The Balaban J connectivity index is 2.14. The third-order valence-electron chi connectivity index (χ3n) is 2.88. The van der Waals surface area contributed by atoms with Gasteiger partial charge in [0, 0.05) is 23.0 Å². The number of aromatic nitrogens is 1. The van der Waals surface area contributed by atoms with Gasteiger partial charge in [-0.2, -0.15) is 0 Å². The third kappa shape index (κ3) is 2.16. The summed E-state index contributed by atoms with van der Waals surface area (Å²) in [4.78, 5) is 4.03. The molecule has 20 heavy (non-hydrogen) atoms. The van der Waals surface area contributed by atoms with Crippen LogP contribution in [-0.4, -0.2) is 15.2 Å². The van der Waals surface area contributed by atoms with Crippen molar-refractivity contribution < 1.29 is 10.2 Å². The highest BCUT2D eigenvalue weighted by atomic mass is 16.3. The molecular weight excluding hydrogens is 254 g/mol. The van der Waals surface area contributed by atoms with E-state index in [0.717, 1.165) is 0 Å². The summed E-state index contributed by atoms with van der Waals surface area (Å²) < 4.78 is 0. The van der Waals surface area contributed by atoms with Crippen LogP contribution >= 0.6 is 0 Å². The standard InChI is InChI=1S/C15H11N3O2/c19-12-9-13(20)15(11-6-2-1-5-10(11)12)18-17-14-7-3-4-8-16-14/h1-9,19-20H. The van der Waals surface area contributed by atoms with E-state index >= 15 is 0 Å². The zero-order valence-corrected chi connectivity index (χ0v) is 10.4. The number of hydrogen-bond acceptors (Lipinski definition) is 5. The predicted molar refractivity (Wildman–Crippen MR) is 75.7 cm³/mol. The van der Waals surface area contributed by atoms with Crippen molar-refractivity contribution in [1.29, 1.82) is 0 Å². The Kier molecular flexibility index (Phi) is 3.01. The van der Waals surface area contributed by atoms with Crippen molar-refractivity contribution in [2.45, 2.75) is 0 Å². The Hall–Kier alpha value is -2.95. The molecule has 1 heterocycles. The SMILES string of the molecule is Oc1cc(O)c2ccccc2c1N=Nc1ccccn1. The zero-order valence-electron chi connectivity index (χ0n) is 10.4. The monoisotopic (exact) mass is 265 g/mol. The van der Waals surface area contributed by atoms with Crippen LogP contribution in [0.25, 0.3) is 10.8 Å². The van der Waals surface area contributed by atoms with Gasteiger partial charge in [-0.15, -0.1) is 10.2 Å². The van der Waals surface area contributed by atoms with Crippen molar-refractivity contribution in [2.75, 3.05) is 0 Å². The Morgan fingerprint density at radius 2 is 1.55 bits per heavy atom. The summed E-state index contributed by atoms with van der Waals surface area (Å²) in [5.74, 6) is 0.333. The van der Waals surface area contributed by atoms with Crippen molar-refractivity contribution in [1.82, 2.24) is 4.98 Å². The van der Waals surface area contributed by atoms with Gasteiger partial charge in [0.25, 0.3) is 0 Å². The Morgan fingerprint density at radius 1 is 0.800 bits per heavy atom. The van der Waals surface area contributed by atoms with Crippen LogP contribution in [0.4, 0.5) is 11.5 Å². The zero-order chi connectivity index (χ0) is 13.9. The average Bonchev–Trinajstić information content (AvgIpc) is 2.48. The van der Waals surface area contributed by atoms with Crippen LogP contribution in [0.3, 0.4) is 0 Å². The highest BCUT2D eigenvalue weighted by molar-refractivity contribution is 5.99. The van der Waals surface area contributed by atoms with E-state index in [4.69, 9.17) is 0 Å². The lowest BCUT2D eigenvalue weighted by molar-refractivity contribution is 0.456. The van der Waals surface area contributed by atoms with Crippen molar-refractivity contribution in [3.8, 4) is 11.5 Å². The molecule has 5 heteroatoms. The molecule has 2 N–H and O–H groups in total. The number of nitrogens with zero attached hydrogens (tertiary/aromatic N) is 3. The molecule has 0 aliphatic carbocycles. The van der Waals surface area contributed by atoms with Gasteiger partial charge < -0.3 is 10.2 Å².